The van der Waals surface area contributed by atoms with Crippen molar-refractivity contribution in [2.24, 2.45) is 0 Å². The number of hydrogen-bond acceptors (Lipinski definition) is 9. The van der Waals surface area contributed by atoms with Gasteiger partial charge in [0.2, 0.25) is 0 Å². The van der Waals surface area contributed by atoms with Gasteiger partial charge < -0.3 is 52.1 Å². The van der Waals surface area contributed by atoms with Gasteiger partial charge in [-0.3, -0.25) is 15.0 Å². The molecule has 0 N–H and O–H groups in total. The number of aromatic nitrogens is 3. The summed E-state index contributed by atoms with van der Waals surface area (Å²) in [6.45, 7) is 0. The zero-order chi connectivity index (χ0) is 27.8. The van der Waals surface area contributed by atoms with Gasteiger partial charge in [-0.05, 0) is 54.6 Å². The van der Waals surface area contributed by atoms with Gasteiger partial charge in [0, 0.05) is 34.7 Å². The second kappa shape index (κ2) is 15.0. The van der Waals surface area contributed by atoms with E-state index in [1.165, 1.54) is 0 Å². The van der Waals surface area contributed by atoms with Crippen LogP contribution in [0.15, 0.2) is 106 Å². The van der Waals surface area contributed by atoms with Crippen LogP contribution in [0.1, 0.15) is 0 Å². The molecular weight excluding hydrogens is 756 g/mol. The van der Waals surface area contributed by atoms with Crippen molar-refractivity contribution >= 4 is 96.8 Å². The monoisotopic (exact) mass is 779 g/mol. The standard InChI is InChI=1S/3C10H9NOS.Bi/c3*1-12-8-5-7-3-2-4-11-10(7)9(13)6-8;/h3*2-6,13H,1H3;/q;;;+3/p-3. The quantitative estimate of drug-likeness (QED) is 0.158. The predicted octanol–water partition coefficient (Wildman–Crippen LogP) is 6.07. The molecule has 40 heavy (non-hydrogen) atoms. The minimum atomic E-state index is 0. The van der Waals surface area contributed by atoms with Crippen LogP contribution in [0.5, 0.6) is 17.2 Å². The maximum atomic E-state index is 5.16. The minimum absolute atomic E-state index is 0. The average Bonchev–Trinajstić information content (AvgIpc) is 2.97. The number of pyridine rings is 3. The molecular formula is C30H24BiN3O3S3. The number of benzene rings is 3. The SMILES string of the molecule is COc1cc([S-])c2ncccc2c1.COc1cc([S-])c2ncccc2c1.COc1cc([S-])c2ncccc2c1.[Bi+3]. The molecule has 2 radical (unpaired) electrons. The van der Waals surface area contributed by atoms with Crippen molar-refractivity contribution in [1.29, 1.82) is 0 Å². The van der Waals surface area contributed by atoms with E-state index in [0.29, 0.717) is 0 Å². The Bertz CT molecular complexity index is 1540. The molecule has 10 heteroatoms. The van der Waals surface area contributed by atoms with Gasteiger partial charge in [0.15, 0.2) is 0 Å². The summed E-state index contributed by atoms with van der Waals surface area (Å²) < 4.78 is 15.3. The van der Waals surface area contributed by atoms with Gasteiger partial charge in [-0.25, -0.2) is 0 Å². The van der Waals surface area contributed by atoms with E-state index in [1.807, 2.05) is 72.8 Å². The van der Waals surface area contributed by atoms with Crippen molar-refractivity contribution < 1.29 is 14.2 Å². The van der Waals surface area contributed by atoms with Crippen molar-refractivity contribution in [2.75, 3.05) is 21.3 Å². The normalized spacial score (nSPS) is 9.97. The molecule has 0 atom stereocenters. The number of ether oxygens (including phenoxy) is 3. The van der Waals surface area contributed by atoms with Crippen molar-refractivity contribution in [1.82, 2.24) is 15.0 Å². The van der Waals surface area contributed by atoms with Gasteiger partial charge in [0.25, 0.3) is 0 Å². The Morgan fingerprint density at radius 1 is 0.475 bits per heavy atom. The Hall–Kier alpha value is -3.17. The van der Waals surface area contributed by atoms with Gasteiger partial charge in [-0.1, -0.05) is 18.2 Å². The fourth-order valence-corrected chi connectivity index (χ4v) is 4.61. The molecule has 0 aliphatic rings. The molecule has 0 amide bonds. The van der Waals surface area contributed by atoms with E-state index in [9.17, 15) is 0 Å². The molecule has 0 aliphatic heterocycles. The topological polar surface area (TPSA) is 66.4 Å². The molecule has 0 saturated heterocycles. The maximum absolute atomic E-state index is 5.16. The molecule has 0 spiro atoms. The van der Waals surface area contributed by atoms with Crippen molar-refractivity contribution in [3.63, 3.8) is 0 Å². The molecule has 3 aromatic heterocycles. The fraction of sp³-hybridized carbons (Fsp3) is 0.100. The smallest absolute Gasteiger partial charge is 0.778 e. The van der Waals surface area contributed by atoms with E-state index >= 15 is 0 Å². The molecule has 0 saturated carbocycles. The summed E-state index contributed by atoms with van der Waals surface area (Å²) in [5.41, 5.74) is 2.58. The fourth-order valence-electron chi connectivity index (χ4n) is 3.75. The first-order valence-electron chi connectivity index (χ1n) is 11.7. The van der Waals surface area contributed by atoms with Gasteiger partial charge in [-0.15, -0.1) is 14.7 Å². The molecule has 0 fully saturated rings. The Labute approximate surface area is 268 Å². The minimum Gasteiger partial charge on any atom is -0.778 e. The van der Waals surface area contributed by atoms with E-state index in [0.717, 1.165) is 64.6 Å². The summed E-state index contributed by atoms with van der Waals surface area (Å²) in [4.78, 5) is 14.8. The number of methoxy groups -OCH3 is 3. The van der Waals surface area contributed by atoms with Crippen LogP contribution in [0, 0.1) is 0 Å². The zero-order valence-corrected chi connectivity index (χ0v) is 27.8. The summed E-state index contributed by atoms with van der Waals surface area (Å²) in [7, 11) is 4.89. The molecule has 0 aliphatic carbocycles. The first-order valence-corrected chi connectivity index (χ1v) is 12.9. The van der Waals surface area contributed by atoms with Crippen LogP contribution in [0.3, 0.4) is 0 Å². The van der Waals surface area contributed by atoms with Gasteiger partial charge in [0.1, 0.15) is 17.2 Å². The summed E-state index contributed by atoms with van der Waals surface area (Å²) >= 11 is 15.5. The first-order chi connectivity index (χ1) is 18.9. The van der Waals surface area contributed by atoms with Crippen molar-refractivity contribution in [3.05, 3.63) is 91.4 Å². The molecule has 200 valence electrons. The van der Waals surface area contributed by atoms with E-state index in [2.05, 4.69) is 15.0 Å². The summed E-state index contributed by atoms with van der Waals surface area (Å²) in [5, 5.41) is 3.06. The Morgan fingerprint density at radius 3 is 1.00 bits per heavy atom. The molecule has 6 nitrogen and oxygen atoms in total. The number of hydrogen-bond donors (Lipinski definition) is 0. The van der Waals surface area contributed by atoms with Gasteiger partial charge in [-0.2, -0.15) is 0 Å². The van der Waals surface area contributed by atoms with Crippen molar-refractivity contribution in [3.8, 4) is 17.2 Å². The third-order valence-electron chi connectivity index (χ3n) is 5.64. The molecule has 0 bridgehead atoms. The molecule has 3 heterocycles. The van der Waals surface area contributed by atoms with E-state index in [-0.39, 0.29) is 26.2 Å². The van der Waals surface area contributed by atoms with Crippen LogP contribution in [0.4, 0.5) is 0 Å². The van der Waals surface area contributed by atoms with E-state index < -0.39 is 0 Å². The molecule has 0 unspecified atom stereocenters. The second-order valence-corrected chi connectivity index (χ2v) is 9.42. The first kappa shape index (κ1) is 31.4. The van der Waals surface area contributed by atoms with Gasteiger partial charge in [0.05, 0.1) is 37.9 Å². The van der Waals surface area contributed by atoms with Crippen LogP contribution in [0.25, 0.3) is 32.7 Å². The third kappa shape index (κ3) is 7.73. The van der Waals surface area contributed by atoms with Crippen LogP contribution >= 0.6 is 0 Å². The Balaban J connectivity index is 0.000000163. The number of nitrogens with zero attached hydrogens (tertiary/aromatic N) is 3. The van der Waals surface area contributed by atoms with Crippen LogP contribution in [-0.4, -0.2) is 62.5 Å². The largest absolute Gasteiger partial charge is 3.00 e. The van der Waals surface area contributed by atoms with E-state index in [1.54, 1.807) is 39.9 Å². The summed E-state index contributed by atoms with van der Waals surface area (Å²) in [5.74, 6) is 2.35. The third-order valence-corrected chi connectivity index (χ3v) is 6.57. The second-order valence-electron chi connectivity index (χ2n) is 8.10. The number of rotatable bonds is 3. The van der Waals surface area contributed by atoms with Gasteiger partial charge >= 0.3 is 26.2 Å². The maximum Gasteiger partial charge on any atom is 3.00 e. The van der Waals surface area contributed by atoms with Crippen LogP contribution in [-0.2, 0) is 37.9 Å². The Kier molecular flexibility index (Phi) is 11.8. The average molecular weight is 780 g/mol. The van der Waals surface area contributed by atoms with E-state index in [4.69, 9.17) is 52.1 Å². The number of fused-ring (bicyclic) bond motifs is 3. The zero-order valence-electron chi connectivity index (χ0n) is 21.9. The summed E-state index contributed by atoms with van der Waals surface area (Å²) in [6.07, 6.45) is 5.22. The molecule has 3 aromatic carbocycles. The molecule has 6 rings (SSSR count). The Morgan fingerprint density at radius 2 is 0.750 bits per heavy atom. The summed E-state index contributed by atoms with van der Waals surface area (Å²) in [6, 6.07) is 22.8. The predicted molar refractivity (Wildman–Crippen MR) is 168 cm³/mol. The van der Waals surface area contributed by atoms with Crippen molar-refractivity contribution in [2.45, 2.75) is 14.7 Å². The molecule has 6 aromatic rings. The van der Waals surface area contributed by atoms with Crippen LogP contribution < -0.4 is 14.2 Å². The van der Waals surface area contributed by atoms with Crippen LogP contribution in [0.2, 0.25) is 0 Å².